The monoisotopic (exact) mass is 404 g/mol. The molecule has 2 aromatic rings. The third-order valence-electron chi connectivity index (χ3n) is 5.18. The molecule has 28 heavy (non-hydrogen) atoms. The number of carbonyl (C=O) groups excluding carboxylic acids is 1. The van der Waals surface area contributed by atoms with Crippen LogP contribution in [0.2, 0.25) is 0 Å². The third kappa shape index (κ3) is 4.99. The Bertz CT molecular complexity index is 923. The van der Waals surface area contributed by atoms with E-state index in [0.717, 1.165) is 36.9 Å². The van der Waals surface area contributed by atoms with Crippen LogP contribution < -0.4 is 5.32 Å². The second-order valence-corrected chi connectivity index (χ2v) is 9.17. The van der Waals surface area contributed by atoms with E-state index < -0.39 is 10.0 Å². The van der Waals surface area contributed by atoms with Crippen LogP contribution in [0.3, 0.4) is 0 Å². The lowest BCUT2D eigenvalue weighted by atomic mass is 10.0. The van der Waals surface area contributed by atoms with Crippen LogP contribution in [0.25, 0.3) is 11.1 Å². The molecule has 1 aliphatic rings. The van der Waals surface area contributed by atoms with Crippen molar-refractivity contribution in [3.63, 3.8) is 0 Å². The molecule has 0 bridgehead atoms. The molecule has 0 aliphatic carbocycles. The molecule has 8 heteroatoms. The number of amides is 1. The molecule has 1 aliphatic heterocycles. The van der Waals surface area contributed by atoms with Gasteiger partial charge in [0.15, 0.2) is 0 Å². The largest absolute Gasteiger partial charge is 0.352 e. The van der Waals surface area contributed by atoms with Gasteiger partial charge in [-0.1, -0.05) is 18.6 Å². The highest BCUT2D eigenvalue weighted by atomic mass is 32.2. The molecule has 1 aromatic heterocycles. The van der Waals surface area contributed by atoms with Gasteiger partial charge in [0.1, 0.15) is 0 Å². The summed E-state index contributed by atoms with van der Waals surface area (Å²) < 4.78 is 27.3. The lowest BCUT2D eigenvalue weighted by Crippen LogP contribution is -2.44. The first kappa shape index (κ1) is 20.5. The first-order valence-electron chi connectivity index (χ1n) is 9.76. The molecule has 2 heterocycles. The second kappa shape index (κ2) is 8.87. The SMILES string of the molecule is CCn1cc(-c2cccc(C(=O)NCCC3CCCCN3S(C)(=O)=O)c2)cn1. The maximum Gasteiger partial charge on any atom is 0.251 e. The summed E-state index contributed by atoms with van der Waals surface area (Å²) >= 11 is 0. The topological polar surface area (TPSA) is 84.3 Å². The molecule has 7 nitrogen and oxygen atoms in total. The Labute approximate surface area is 166 Å². The van der Waals surface area contributed by atoms with Crippen molar-refractivity contribution in [2.75, 3.05) is 19.3 Å². The minimum absolute atomic E-state index is 0.0322. The van der Waals surface area contributed by atoms with Crippen molar-refractivity contribution in [2.45, 2.75) is 45.2 Å². The fourth-order valence-corrected chi connectivity index (χ4v) is 4.89. The van der Waals surface area contributed by atoms with Crippen molar-refractivity contribution in [1.82, 2.24) is 19.4 Å². The zero-order valence-electron chi connectivity index (χ0n) is 16.5. The van der Waals surface area contributed by atoms with Crippen LogP contribution in [-0.4, -0.2) is 53.8 Å². The smallest absolute Gasteiger partial charge is 0.251 e. The minimum Gasteiger partial charge on any atom is -0.352 e. The third-order valence-corrected chi connectivity index (χ3v) is 6.51. The number of aryl methyl sites for hydroxylation is 1. The molecular formula is C20H28N4O3S. The Hall–Kier alpha value is -2.19. The fraction of sp³-hybridized carbons (Fsp3) is 0.500. The summed E-state index contributed by atoms with van der Waals surface area (Å²) in [5, 5.41) is 7.21. The number of hydrogen-bond acceptors (Lipinski definition) is 4. The molecule has 1 saturated heterocycles. The van der Waals surface area contributed by atoms with Gasteiger partial charge in [-0.25, -0.2) is 8.42 Å². The lowest BCUT2D eigenvalue weighted by molar-refractivity contribution is 0.0949. The average molecular weight is 405 g/mol. The molecular weight excluding hydrogens is 376 g/mol. The maximum atomic E-state index is 12.5. The van der Waals surface area contributed by atoms with Crippen molar-refractivity contribution in [3.8, 4) is 11.1 Å². The molecule has 0 radical (unpaired) electrons. The van der Waals surface area contributed by atoms with E-state index in [4.69, 9.17) is 0 Å². The molecule has 1 unspecified atom stereocenters. The summed E-state index contributed by atoms with van der Waals surface area (Å²) in [6, 6.07) is 7.43. The number of carbonyl (C=O) groups is 1. The molecule has 1 atom stereocenters. The number of nitrogens with zero attached hydrogens (tertiary/aromatic N) is 3. The van der Waals surface area contributed by atoms with Crippen LogP contribution >= 0.6 is 0 Å². The zero-order chi connectivity index (χ0) is 20.1. The molecule has 1 N–H and O–H groups in total. The lowest BCUT2D eigenvalue weighted by Gasteiger charge is -2.33. The quantitative estimate of drug-likeness (QED) is 0.768. The van der Waals surface area contributed by atoms with E-state index in [1.807, 2.05) is 36.0 Å². The predicted octanol–water partition coefficient (Wildman–Crippen LogP) is 2.50. The second-order valence-electron chi connectivity index (χ2n) is 7.23. The number of hydrogen-bond donors (Lipinski definition) is 1. The van der Waals surface area contributed by atoms with Crippen LogP contribution in [0.5, 0.6) is 0 Å². The summed E-state index contributed by atoms with van der Waals surface area (Å²) in [7, 11) is -3.20. The summed E-state index contributed by atoms with van der Waals surface area (Å²) in [4.78, 5) is 12.5. The van der Waals surface area contributed by atoms with Crippen molar-refractivity contribution in [2.24, 2.45) is 0 Å². The molecule has 3 rings (SSSR count). The van der Waals surface area contributed by atoms with Crippen LogP contribution in [0.1, 0.15) is 43.0 Å². The minimum atomic E-state index is -3.20. The van der Waals surface area contributed by atoms with Crippen molar-refractivity contribution < 1.29 is 13.2 Å². The Morgan fingerprint density at radius 1 is 1.29 bits per heavy atom. The number of sulfonamides is 1. The van der Waals surface area contributed by atoms with Gasteiger partial charge in [0, 0.05) is 43.0 Å². The highest BCUT2D eigenvalue weighted by Gasteiger charge is 2.28. The summed E-state index contributed by atoms with van der Waals surface area (Å²) in [6.07, 6.45) is 8.41. The Morgan fingerprint density at radius 2 is 2.11 bits per heavy atom. The number of benzene rings is 1. The van der Waals surface area contributed by atoms with Gasteiger partial charge in [0.05, 0.1) is 12.5 Å². The van der Waals surface area contributed by atoms with Crippen LogP contribution in [0.15, 0.2) is 36.7 Å². The maximum absolute atomic E-state index is 12.5. The molecule has 1 aromatic carbocycles. The predicted molar refractivity (Wildman–Crippen MR) is 109 cm³/mol. The van der Waals surface area contributed by atoms with Gasteiger partial charge in [-0.05, 0) is 43.9 Å². The standard InChI is InChI=1S/C20H28N4O3S/c1-3-23-15-18(14-22-23)16-7-6-8-17(13-16)20(25)21-11-10-19-9-4-5-12-24(19)28(2,26)27/h6-8,13-15,19H,3-5,9-12H2,1-2H3,(H,21,25). The number of aromatic nitrogens is 2. The Kier molecular flexibility index (Phi) is 6.51. The average Bonchev–Trinajstić information content (AvgIpc) is 3.17. The van der Waals surface area contributed by atoms with E-state index in [9.17, 15) is 13.2 Å². The molecule has 1 amide bonds. The highest BCUT2D eigenvalue weighted by Crippen LogP contribution is 2.22. The van der Waals surface area contributed by atoms with E-state index in [1.165, 1.54) is 6.26 Å². The Balaban J connectivity index is 1.60. The van der Waals surface area contributed by atoms with Gasteiger partial charge in [0.25, 0.3) is 5.91 Å². The van der Waals surface area contributed by atoms with E-state index >= 15 is 0 Å². The van der Waals surface area contributed by atoms with Crippen LogP contribution in [-0.2, 0) is 16.6 Å². The summed E-state index contributed by atoms with van der Waals surface area (Å²) in [5.41, 5.74) is 2.51. The Morgan fingerprint density at radius 3 is 2.82 bits per heavy atom. The molecule has 0 spiro atoms. The zero-order valence-corrected chi connectivity index (χ0v) is 17.3. The van der Waals surface area contributed by atoms with Crippen molar-refractivity contribution >= 4 is 15.9 Å². The molecule has 0 saturated carbocycles. The van der Waals surface area contributed by atoms with E-state index in [1.54, 1.807) is 16.6 Å². The van der Waals surface area contributed by atoms with E-state index in [0.29, 0.717) is 25.1 Å². The number of nitrogens with one attached hydrogen (secondary N) is 1. The normalized spacial score (nSPS) is 18.1. The van der Waals surface area contributed by atoms with Gasteiger partial charge in [0.2, 0.25) is 10.0 Å². The van der Waals surface area contributed by atoms with Crippen molar-refractivity contribution in [3.05, 3.63) is 42.2 Å². The van der Waals surface area contributed by atoms with Crippen molar-refractivity contribution in [1.29, 1.82) is 0 Å². The molecule has 152 valence electrons. The fourth-order valence-electron chi connectivity index (χ4n) is 3.68. The van der Waals surface area contributed by atoms with Gasteiger partial charge in [-0.2, -0.15) is 9.40 Å². The van der Waals surface area contributed by atoms with E-state index in [-0.39, 0.29) is 11.9 Å². The number of piperidine rings is 1. The van der Waals surface area contributed by atoms with E-state index in [2.05, 4.69) is 10.4 Å². The van der Waals surface area contributed by atoms with Crippen LogP contribution in [0, 0.1) is 0 Å². The summed E-state index contributed by atoms with van der Waals surface area (Å²) in [6.45, 7) is 3.85. The molecule has 1 fully saturated rings. The first-order valence-corrected chi connectivity index (χ1v) is 11.6. The van der Waals surface area contributed by atoms with Gasteiger partial charge in [-0.15, -0.1) is 0 Å². The van der Waals surface area contributed by atoms with Crippen LogP contribution in [0.4, 0.5) is 0 Å². The van der Waals surface area contributed by atoms with Gasteiger partial charge < -0.3 is 5.32 Å². The number of rotatable bonds is 7. The summed E-state index contributed by atoms with van der Waals surface area (Å²) in [5.74, 6) is -0.147. The van der Waals surface area contributed by atoms with Gasteiger partial charge >= 0.3 is 0 Å². The highest BCUT2D eigenvalue weighted by molar-refractivity contribution is 7.88. The van der Waals surface area contributed by atoms with Gasteiger partial charge in [-0.3, -0.25) is 9.48 Å². The first-order chi connectivity index (χ1) is 13.4.